The Morgan fingerprint density at radius 3 is 2.43 bits per heavy atom. The number of rotatable bonds is 3. The van der Waals surface area contributed by atoms with Gasteiger partial charge in [-0.1, -0.05) is 35.9 Å². The molecule has 21 heavy (non-hydrogen) atoms. The average molecular weight is 283 g/mol. The molecule has 0 aliphatic carbocycles. The van der Waals surface area contributed by atoms with Gasteiger partial charge in [-0.3, -0.25) is 9.59 Å². The van der Waals surface area contributed by atoms with E-state index >= 15 is 0 Å². The zero-order valence-electron chi connectivity index (χ0n) is 12.0. The minimum absolute atomic E-state index is 0.313. The third kappa shape index (κ3) is 4.14. The summed E-state index contributed by atoms with van der Waals surface area (Å²) in [6.07, 6.45) is 1.56. The standard InChI is InChI=1S/C16H17N3O2/c1-11-5-7-13(8-6-11)10-18-15(20)16(21)19-14-12(2)4-3-9-17-14/h3-9H,10H2,1-2H3,(H,18,20)(H,17,19,21). The summed E-state index contributed by atoms with van der Waals surface area (Å²) in [4.78, 5) is 27.5. The molecule has 1 aromatic heterocycles. The molecule has 0 bridgehead atoms. The van der Waals surface area contributed by atoms with Gasteiger partial charge >= 0.3 is 11.8 Å². The Morgan fingerprint density at radius 1 is 1.05 bits per heavy atom. The number of hydrogen-bond acceptors (Lipinski definition) is 3. The van der Waals surface area contributed by atoms with Crippen molar-refractivity contribution in [1.82, 2.24) is 10.3 Å². The highest BCUT2D eigenvalue weighted by atomic mass is 16.2. The first kappa shape index (κ1) is 14.7. The largest absolute Gasteiger partial charge is 0.344 e. The van der Waals surface area contributed by atoms with Crippen LogP contribution in [-0.4, -0.2) is 16.8 Å². The number of benzene rings is 1. The van der Waals surface area contributed by atoms with Gasteiger partial charge in [0, 0.05) is 12.7 Å². The Bertz CT molecular complexity index is 651. The number of hydrogen-bond donors (Lipinski definition) is 2. The number of carbonyl (C=O) groups excluding carboxylic acids is 2. The molecule has 0 spiro atoms. The van der Waals surface area contributed by atoms with E-state index < -0.39 is 11.8 Å². The maximum Gasteiger partial charge on any atom is 0.314 e. The second kappa shape index (κ2) is 6.65. The molecule has 0 radical (unpaired) electrons. The van der Waals surface area contributed by atoms with Crippen LogP contribution in [0, 0.1) is 13.8 Å². The summed E-state index contributed by atoms with van der Waals surface area (Å²) in [5, 5.41) is 5.07. The van der Waals surface area contributed by atoms with Crippen LogP contribution in [0.5, 0.6) is 0 Å². The van der Waals surface area contributed by atoms with Crippen LogP contribution in [0.1, 0.15) is 16.7 Å². The van der Waals surface area contributed by atoms with Crippen molar-refractivity contribution in [2.24, 2.45) is 0 Å². The van der Waals surface area contributed by atoms with E-state index in [0.717, 1.165) is 16.7 Å². The van der Waals surface area contributed by atoms with Crippen molar-refractivity contribution >= 4 is 17.6 Å². The highest BCUT2D eigenvalue weighted by Crippen LogP contribution is 2.08. The Balaban J connectivity index is 1.90. The molecule has 2 amide bonds. The molecular formula is C16H17N3O2. The fraction of sp³-hybridized carbons (Fsp3) is 0.188. The second-order valence-corrected chi connectivity index (χ2v) is 4.79. The molecule has 0 fully saturated rings. The van der Waals surface area contributed by atoms with E-state index in [0.29, 0.717) is 12.4 Å². The lowest BCUT2D eigenvalue weighted by Crippen LogP contribution is -2.35. The van der Waals surface area contributed by atoms with Crippen molar-refractivity contribution in [2.45, 2.75) is 20.4 Å². The minimum Gasteiger partial charge on any atom is -0.344 e. The van der Waals surface area contributed by atoms with Crippen LogP contribution in [0.2, 0.25) is 0 Å². The zero-order chi connectivity index (χ0) is 15.2. The molecule has 0 saturated heterocycles. The number of pyridine rings is 1. The van der Waals surface area contributed by atoms with Crippen LogP contribution in [0.25, 0.3) is 0 Å². The van der Waals surface area contributed by atoms with Gasteiger partial charge in [-0.15, -0.1) is 0 Å². The summed E-state index contributed by atoms with van der Waals surface area (Å²) in [7, 11) is 0. The minimum atomic E-state index is -0.719. The number of anilines is 1. The number of amides is 2. The maximum atomic E-state index is 11.8. The van der Waals surface area contributed by atoms with E-state index in [1.54, 1.807) is 12.3 Å². The van der Waals surface area contributed by atoms with Crippen LogP contribution in [-0.2, 0) is 16.1 Å². The second-order valence-electron chi connectivity index (χ2n) is 4.79. The van der Waals surface area contributed by atoms with Gasteiger partial charge in [0.15, 0.2) is 0 Å². The average Bonchev–Trinajstić information content (AvgIpc) is 2.48. The fourth-order valence-electron chi connectivity index (χ4n) is 1.75. The predicted octanol–water partition coefficient (Wildman–Crippen LogP) is 1.95. The third-order valence-corrected chi connectivity index (χ3v) is 3.02. The van der Waals surface area contributed by atoms with Crippen LogP contribution in [0.4, 0.5) is 5.82 Å². The molecule has 5 heteroatoms. The molecule has 0 aliphatic rings. The van der Waals surface area contributed by atoms with Gasteiger partial charge < -0.3 is 10.6 Å². The van der Waals surface area contributed by atoms with E-state index in [1.165, 1.54) is 0 Å². The molecule has 2 N–H and O–H groups in total. The van der Waals surface area contributed by atoms with Crippen LogP contribution >= 0.6 is 0 Å². The van der Waals surface area contributed by atoms with E-state index in [2.05, 4.69) is 15.6 Å². The lowest BCUT2D eigenvalue weighted by atomic mass is 10.1. The Morgan fingerprint density at radius 2 is 1.76 bits per heavy atom. The van der Waals surface area contributed by atoms with Gasteiger partial charge in [-0.05, 0) is 31.0 Å². The normalized spacial score (nSPS) is 10.0. The molecule has 2 aromatic rings. The van der Waals surface area contributed by atoms with Crippen LogP contribution in [0.3, 0.4) is 0 Å². The van der Waals surface area contributed by atoms with E-state index in [4.69, 9.17) is 0 Å². The summed E-state index contributed by atoms with van der Waals surface area (Å²) in [5.41, 5.74) is 2.89. The van der Waals surface area contributed by atoms with Gasteiger partial charge in [0.2, 0.25) is 0 Å². The number of carbonyl (C=O) groups is 2. The molecule has 108 valence electrons. The molecule has 0 saturated carbocycles. The Kier molecular flexibility index (Phi) is 4.66. The number of nitrogens with zero attached hydrogens (tertiary/aromatic N) is 1. The first-order valence-electron chi connectivity index (χ1n) is 6.62. The van der Waals surface area contributed by atoms with Crippen LogP contribution < -0.4 is 10.6 Å². The highest BCUT2D eigenvalue weighted by Gasteiger charge is 2.14. The van der Waals surface area contributed by atoms with Crippen molar-refractivity contribution in [3.8, 4) is 0 Å². The lowest BCUT2D eigenvalue weighted by molar-refractivity contribution is -0.136. The topological polar surface area (TPSA) is 71.1 Å². The summed E-state index contributed by atoms with van der Waals surface area (Å²) >= 11 is 0. The lowest BCUT2D eigenvalue weighted by Gasteiger charge is -2.08. The van der Waals surface area contributed by atoms with E-state index in [1.807, 2.05) is 44.2 Å². The highest BCUT2D eigenvalue weighted by molar-refractivity contribution is 6.39. The van der Waals surface area contributed by atoms with E-state index in [9.17, 15) is 9.59 Å². The summed E-state index contributed by atoms with van der Waals surface area (Å²) in [6.45, 7) is 4.12. The Hall–Kier alpha value is -2.69. The molecule has 5 nitrogen and oxygen atoms in total. The molecule has 1 heterocycles. The van der Waals surface area contributed by atoms with Gasteiger partial charge in [0.25, 0.3) is 0 Å². The number of aromatic nitrogens is 1. The Labute approximate surface area is 123 Å². The van der Waals surface area contributed by atoms with Gasteiger partial charge in [-0.25, -0.2) is 4.98 Å². The quantitative estimate of drug-likeness (QED) is 0.846. The predicted molar refractivity (Wildman–Crippen MR) is 80.6 cm³/mol. The fourth-order valence-corrected chi connectivity index (χ4v) is 1.75. The van der Waals surface area contributed by atoms with Crippen molar-refractivity contribution in [3.05, 3.63) is 59.3 Å². The molecule has 0 aliphatic heterocycles. The number of nitrogens with one attached hydrogen (secondary N) is 2. The SMILES string of the molecule is Cc1ccc(CNC(=O)C(=O)Nc2ncccc2C)cc1. The number of aryl methyl sites for hydroxylation is 2. The summed E-state index contributed by atoms with van der Waals surface area (Å²) < 4.78 is 0. The monoisotopic (exact) mass is 283 g/mol. The maximum absolute atomic E-state index is 11.8. The summed E-state index contributed by atoms with van der Waals surface area (Å²) in [6, 6.07) is 11.3. The van der Waals surface area contributed by atoms with Crippen molar-refractivity contribution in [3.63, 3.8) is 0 Å². The molecular weight excluding hydrogens is 266 g/mol. The van der Waals surface area contributed by atoms with Crippen molar-refractivity contribution in [2.75, 3.05) is 5.32 Å². The van der Waals surface area contributed by atoms with Crippen LogP contribution in [0.15, 0.2) is 42.6 Å². The molecule has 2 rings (SSSR count). The molecule has 1 aromatic carbocycles. The van der Waals surface area contributed by atoms with Crippen molar-refractivity contribution in [1.29, 1.82) is 0 Å². The van der Waals surface area contributed by atoms with Gasteiger partial charge in [-0.2, -0.15) is 0 Å². The third-order valence-electron chi connectivity index (χ3n) is 3.02. The van der Waals surface area contributed by atoms with E-state index in [-0.39, 0.29) is 0 Å². The summed E-state index contributed by atoms with van der Waals surface area (Å²) in [5.74, 6) is -1.00. The molecule has 0 atom stereocenters. The van der Waals surface area contributed by atoms with Gasteiger partial charge in [0.1, 0.15) is 5.82 Å². The first-order chi connectivity index (χ1) is 10.1. The smallest absolute Gasteiger partial charge is 0.314 e. The zero-order valence-corrected chi connectivity index (χ0v) is 12.0. The molecule has 0 unspecified atom stereocenters. The van der Waals surface area contributed by atoms with Crippen molar-refractivity contribution < 1.29 is 9.59 Å². The first-order valence-corrected chi connectivity index (χ1v) is 6.62. The van der Waals surface area contributed by atoms with Gasteiger partial charge in [0.05, 0.1) is 0 Å².